The average Bonchev–Trinajstić information content (AvgIpc) is 3.13. The predicted molar refractivity (Wildman–Crippen MR) is 116 cm³/mol. The molecule has 4 rings (SSSR count). The topological polar surface area (TPSA) is 38.1 Å². The fourth-order valence-corrected chi connectivity index (χ4v) is 3.70. The van der Waals surface area contributed by atoms with Crippen LogP contribution in [0.15, 0.2) is 72.8 Å². The SMILES string of the molecule is CCCn1c(CN(Cc2ccccc2)C(=O)c2ccc(F)c(F)c2)nc2ccccc21. The molecule has 0 fully saturated rings. The second kappa shape index (κ2) is 9.08. The van der Waals surface area contributed by atoms with Gasteiger partial charge in [-0.05, 0) is 42.3 Å². The van der Waals surface area contributed by atoms with Crippen LogP contribution in [-0.4, -0.2) is 20.4 Å². The Morgan fingerprint density at radius 2 is 1.68 bits per heavy atom. The Kier molecular flexibility index (Phi) is 6.07. The number of benzene rings is 3. The van der Waals surface area contributed by atoms with Crippen LogP contribution in [0.25, 0.3) is 11.0 Å². The zero-order valence-corrected chi connectivity index (χ0v) is 17.3. The highest BCUT2D eigenvalue weighted by Gasteiger charge is 2.21. The third-order valence-corrected chi connectivity index (χ3v) is 5.18. The summed E-state index contributed by atoms with van der Waals surface area (Å²) in [6.45, 7) is 3.44. The van der Waals surface area contributed by atoms with Crippen molar-refractivity contribution in [2.75, 3.05) is 0 Å². The van der Waals surface area contributed by atoms with E-state index in [2.05, 4.69) is 11.5 Å². The van der Waals surface area contributed by atoms with Gasteiger partial charge in [0.05, 0.1) is 17.6 Å². The summed E-state index contributed by atoms with van der Waals surface area (Å²) >= 11 is 0. The number of rotatable bonds is 7. The summed E-state index contributed by atoms with van der Waals surface area (Å²) in [5.74, 6) is -1.63. The molecule has 0 saturated heterocycles. The maximum absolute atomic E-state index is 13.8. The molecule has 0 aliphatic carbocycles. The summed E-state index contributed by atoms with van der Waals surface area (Å²) in [5, 5.41) is 0. The summed E-state index contributed by atoms with van der Waals surface area (Å²) in [7, 11) is 0. The van der Waals surface area contributed by atoms with Gasteiger partial charge in [0.2, 0.25) is 0 Å². The molecule has 1 aromatic heterocycles. The van der Waals surface area contributed by atoms with Gasteiger partial charge in [-0.3, -0.25) is 4.79 Å². The number of aromatic nitrogens is 2. The maximum Gasteiger partial charge on any atom is 0.254 e. The molecule has 0 aliphatic rings. The van der Waals surface area contributed by atoms with Gasteiger partial charge in [-0.25, -0.2) is 13.8 Å². The van der Waals surface area contributed by atoms with Crippen LogP contribution in [0.2, 0.25) is 0 Å². The largest absolute Gasteiger partial charge is 0.327 e. The molecule has 0 spiro atoms. The third kappa shape index (κ3) is 4.48. The maximum atomic E-state index is 13.8. The molecule has 0 bridgehead atoms. The summed E-state index contributed by atoms with van der Waals surface area (Å²) in [6, 6.07) is 20.7. The number of halogens is 2. The molecule has 4 aromatic rings. The normalized spacial score (nSPS) is 11.1. The van der Waals surface area contributed by atoms with E-state index in [-0.39, 0.29) is 18.0 Å². The minimum atomic E-state index is -1.04. The van der Waals surface area contributed by atoms with Gasteiger partial charge in [-0.15, -0.1) is 0 Å². The predicted octanol–water partition coefficient (Wildman–Crippen LogP) is 5.57. The molecule has 0 aliphatic heterocycles. The summed E-state index contributed by atoms with van der Waals surface area (Å²) in [4.78, 5) is 19.7. The first-order valence-electron chi connectivity index (χ1n) is 10.3. The molecule has 0 radical (unpaired) electrons. The van der Waals surface area contributed by atoms with Crippen LogP contribution in [0, 0.1) is 11.6 Å². The number of hydrogen-bond acceptors (Lipinski definition) is 2. The highest BCUT2D eigenvalue weighted by Crippen LogP contribution is 2.21. The molecule has 1 amide bonds. The highest BCUT2D eigenvalue weighted by atomic mass is 19.2. The third-order valence-electron chi connectivity index (χ3n) is 5.18. The Balaban J connectivity index is 1.72. The molecule has 0 saturated carbocycles. The Morgan fingerprint density at radius 1 is 0.935 bits per heavy atom. The minimum absolute atomic E-state index is 0.105. The number of hydrogen-bond donors (Lipinski definition) is 0. The Hall–Kier alpha value is -3.54. The fraction of sp³-hybridized carbons (Fsp3) is 0.200. The van der Waals surface area contributed by atoms with Gasteiger partial charge in [0.1, 0.15) is 5.82 Å². The lowest BCUT2D eigenvalue weighted by Crippen LogP contribution is -2.31. The zero-order valence-electron chi connectivity index (χ0n) is 17.3. The van der Waals surface area contributed by atoms with Crippen molar-refractivity contribution >= 4 is 16.9 Å². The first kappa shape index (κ1) is 20.7. The van der Waals surface area contributed by atoms with Crippen LogP contribution in [0.5, 0.6) is 0 Å². The number of imidazole rings is 1. The number of amides is 1. The molecule has 0 atom stereocenters. The molecule has 6 heteroatoms. The van der Waals surface area contributed by atoms with Crippen LogP contribution < -0.4 is 0 Å². The monoisotopic (exact) mass is 419 g/mol. The van der Waals surface area contributed by atoms with Crippen molar-refractivity contribution in [1.29, 1.82) is 0 Å². The Labute approximate surface area is 179 Å². The number of para-hydroxylation sites is 2. The van der Waals surface area contributed by atoms with E-state index in [1.54, 1.807) is 4.90 Å². The standard InChI is InChI=1S/C25H23F2N3O/c1-2-14-30-23-11-7-6-10-22(23)28-24(30)17-29(16-18-8-4-3-5-9-18)25(31)19-12-13-20(26)21(27)15-19/h3-13,15H,2,14,16-17H2,1H3. The van der Waals surface area contributed by atoms with Crippen molar-refractivity contribution in [3.05, 3.63) is 101 Å². The summed E-state index contributed by atoms with van der Waals surface area (Å²) < 4.78 is 29.3. The molecule has 31 heavy (non-hydrogen) atoms. The van der Waals surface area contributed by atoms with Crippen molar-refractivity contribution < 1.29 is 13.6 Å². The lowest BCUT2D eigenvalue weighted by molar-refractivity contribution is 0.0723. The lowest BCUT2D eigenvalue weighted by atomic mass is 10.1. The van der Waals surface area contributed by atoms with E-state index in [0.29, 0.717) is 6.54 Å². The van der Waals surface area contributed by atoms with E-state index in [4.69, 9.17) is 4.98 Å². The van der Waals surface area contributed by atoms with Crippen LogP contribution >= 0.6 is 0 Å². The summed E-state index contributed by atoms with van der Waals surface area (Å²) in [6.07, 6.45) is 0.920. The van der Waals surface area contributed by atoms with Crippen molar-refractivity contribution in [2.24, 2.45) is 0 Å². The number of fused-ring (bicyclic) bond motifs is 1. The Bertz CT molecular complexity index is 1200. The first-order valence-corrected chi connectivity index (χ1v) is 10.3. The minimum Gasteiger partial charge on any atom is -0.327 e. The highest BCUT2D eigenvalue weighted by molar-refractivity contribution is 5.94. The van der Waals surface area contributed by atoms with E-state index >= 15 is 0 Å². The van der Waals surface area contributed by atoms with Gasteiger partial charge in [0.25, 0.3) is 5.91 Å². The van der Waals surface area contributed by atoms with Crippen molar-refractivity contribution in [1.82, 2.24) is 14.5 Å². The first-order chi connectivity index (χ1) is 15.1. The molecule has 4 nitrogen and oxygen atoms in total. The van der Waals surface area contributed by atoms with Gasteiger partial charge in [0, 0.05) is 18.7 Å². The van der Waals surface area contributed by atoms with Gasteiger partial charge >= 0.3 is 0 Å². The van der Waals surface area contributed by atoms with Crippen LogP contribution in [0.3, 0.4) is 0 Å². The zero-order chi connectivity index (χ0) is 21.8. The summed E-state index contributed by atoms with van der Waals surface area (Å²) in [5.41, 5.74) is 2.93. The van der Waals surface area contributed by atoms with Crippen molar-refractivity contribution in [2.45, 2.75) is 33.0 Å². The molecular formula is C25H23F2N3O. The van der Waals surface area contributed by atoms with Crippen LogP contribution in [-0.2, 0) is 19.6 Å². The van der Waals surface area contributed by atoms with Gasteiger partial charge in [0.15, 0.2) is 11.6 Å². The van der Waals surface area contributed by atoms with Gasteiger partial charge in [-0.2, -0.15) is 0 Å². The van der Waals surface area contributed by atoms with Crippen LogP contribution in [0.1, 0.15) is 35.1 Å². The number of carbonyl (C=O) groups is 1. The molecular weight excluding hydrogens is 396 g/mol. The van der Waals surface area contributed by atoms with E-state index < -0.39 is 11.6 Å². The van der Waals surface area contributed by atoms with E-state index in [9.17, 15) is 13.6 Å². The lowest BCUT2D eigenvalue weighted by Gasteiger charge is -2.23. The number of carbonyl (C=O) groups excluding carboxylic acids is 1. The van der Waals surface area contributed by atoms with E-state index in [1.165, 1.54) is 6.07 Å². The van der Waals surface area contributed by atoms with Gasteiger partial charge < -0.3 is 9.47 Å². The quantitative estimate of drug-likeness (QED) is 0.393. The second-order valence-electron chi connectivity index (χ2n) is 7.44. The van der Waals surface area contributed by atoms with Crippen molar-refractivity contribution in [3.63, 3.8) is 0 Å². The molecule has 158 valence electrons. The number of aryl methyl sites for hydroxylation is 1. The van der Waals surface area contributed by atoms with Gasteiger partial charge in [-0.1, -0.05) is 49.4 Å². The molecule has 0 unspecified atom stereocenters. The molecule has 1 heterocycles. The van der Waals surface area contributed by atoms with E-state index in [1.807, 2.05) is 54.6 Å². The second-order valence-corrected chi connectivity index (χ2v) is 7.44. The number of nitrogens with zero attached hydrogens (tertiary/aromatic N) is 3. The smallest absolute Gasteiger partial charge is 0.254 e. The van der Waals surface area contributed by atoms with Crippen molar-refractivity contribution in [3.8, 4) is 0 Å². The Morgan fingerprint density at radius 3 is 2.42 bits per heavy atom. The molecule has 3 aromatic carbocycles. The average molecular weight is 419 g/mol. The van der Waals surface area contributed by atoms with Crippen LogP contribution in [0.4, 0.5) is 8.78 Å². The van der Waals surface area contributed by atoms with E-state index in [0.717, 1.165) is 47.5 Å². The molecule has 0 N–H and O–H groups in total. The fourth-order valence-electron chi connectivity index (χ4n) is 3.70.